The monoisotopic (exact) mass is 456 g/mol. The Kier molecular flexibility index (Phi) is 5.86. The second kappa shape index (κ2) is 8.96. The Morgan fingerprint density at radius 1 is 1.09 bits per heavy atom. The number of fused-ring (bicyclic) bond motifs is 1. The number of phenols is 1. The number of hydrogen-bond donors (Lipinski definition) is 2. The van der Waals surface area contributed by atoms with Gasteiger partial charge in [-0.25, -0.2) is 13.8 Å². The van der Waals surface area contributed by atoms with Crippen LogP contribution in [0.4, 0.5) is 8.78 Å². The Bertz CT molecular complexity index is 1150. The van der Waals surface area contributed by atoms with Crippen molar-refractivity contribution < 1.29 is 23.4 Å². The molecule has 0 aliphatic heterocycles. The van der Waals surface area contributed by atoms with Gasteiger partial charge in [0.1, 0.15) is 5.52 Å². The summed E-state index contributed by atoms with van der Waals surface area (Å²) in [5.74, 6) is -2.33. The highest BCUT2D eigenvalue weighted by Crippen LogP contribution is 2.33. The molecule has 2 saturated carbocycles. The van der Waals surface area contributed by atoms with E-state index in [1.807, 2.05) is 16.9 Å². The minimum atomic E-state index is -1.15. The van der Waals surface area contributed by atoms with E-state index in [2.05, 4.69) is 15.4 Å². The first-order chi connectivity index (χ1) is 16.0. The van der Waals surface area contributed by atoms with Crippen LogP contribution in [0.5, 0.6) is 11.6 Å². The lowest BCUT2D eigenvalue weighted by molar-refractivity contribution is 0.0940. The number of phenolic OH excluding ortho intramolecular Hbond substituents is 1. The van der Waals surface area contributed by atoms with Gasteiger partial charge in [0.05, 0.1) is 18.8 Å². The molecule has 2 aliphatic carbocycles. The quantitative estimate of drug-likeness (QED) is 0.551. The van der Waals surface area contributed by atoms with Gasteiger partial charge in [-0.15, -0.1) is 0 Å². The zero-order valence-electron chi connectivity index (χ0n) is 18.1. The third-order valence-electron chi connectivity index (χ3n) is 6.57. The smallest absolute Gasteiger partial charge is 0.251 e. The molecular formula is C24H26F2N4O3. The second-order valence-electron chi connectivity index (χ2n) is 9.12. The average molecular weight is 456 g/mol. The Morgan fingerprint density at radius 2 is 1.79 bits per heavy atom. The topological polar surface area (TPSA) is 89.3 Å². The van der Waals surface area contributed by atoms with Crippen molar-refractivity contribution in [3.8, 4) is 11.6 Å². The minimum absolute atomic E-state index is 0.145. The Labute approximate surface area is 189 Å². The van der Waals surface area contributed by atoms with Crippen molar-refractivity contribution in [2.75, 3.05) is 13.2 Å². The van der Waals surface area contributed by atoms with Crippen LogP contribution in [-0.4, -0.2) is 38.9 Å². The summed E-state index contributed by atoms with van der Waals surface area (Å²) in [6.07, 6.45) is 9.94. The van der Waals surface area contributed by atoms with Crippen LogP contribution in [0.15, 0.2) is 30.6 Å². The summed E-state index contributed by atoms with van der Waals surface area (Å²) in [7, 11) is 0. The molecule has 0 radical (unpaired) electrons. The van der Waals surface area contributed by atoms with E-state index in [0.29, 0.717) is 18.3 Å². The molecule has 2 heterocycles. The van der Waals surface area contributed by atoms with E-state index >= 15 is 0 Å². The summed E-state index contributed by atoms with van der Waals surface area (Å²) in [4.78, 5) is 16.6. The fraction of sp³-hybridized carbons (Fsp3) is 0.458. The molecule has 9 heteroatoms. The largest absolute Gasteiger partial charge is 0.503 e. The molecule has 5 rings (SSSR count). The van der Waals surface area contributed by atoms with Gasteiger partial charge in [0.15, 0.2) is 17.4 Å². The van der Waals surface area contributed by atoms with E-state index < -0.39 is 23.3 Å². The molecule has 7 nitrogen and oxygen atoms in total. The molecule has 33 heavy (non-hydrogen) atoms. The number of carbonyl (C=O) groups is 1. The van der Waals surface area contributed by atoms with Gasteiger partial charge in [0.25, 0.3) is 5.91 Å². The molecule has 0 atom stereocenters. The molecule has 174 valence electrons. The van der Waals surface area contributed by atoms with E-state index in [9.17, 15) is 18.7 Å². The van der Waals surface area contributed by atoms with Gasteiger partial charge < -0.3 is 15.2 Å². The van der Waals surface area contributed by atoms with Crippen molar-refractivity contribution >= 4 is 16.8 Å². The van der Waals surface area contributed by atoms with Gasteiger partial charge in [-0.2, -0.15) is 5.10 Å². The van der Waals surface area contributed by atoms with Crippen LogP contribution in [0.1, 0.15) is 54.9 Å². The molecule has 2 aromatic heterocycles. The summed E-state index contributed by atoms with van der Waals surface area (Å²) < 4.78 is 34.7. The fourth-order valence-electron chi connectivity index (χ4n) is 4.33. The third-order valence-corrected chi connectivity index (χ3v) is 6.57. The van der Waals surface area contributed by atoms with E-state index in [0.717, 1.165) is 55.3 Å². The zero-order valence-corrected chi connectivity index (χ0v) is 18.1. The molecule has 2 aliphatic rings. The Morgan fingerprint density at radius 3 is 2.48 bits per heavy atom. The van der Waals surface area contributed by atoms with Gasteiger partial charge in [-0.05, 0) is 62.5 Å². The van der Waals surface area contributed by atoms with E-state index in [-0.39, 0.29) is 17.5 Å². The first-order valence-corrected chi connectivity index (χ1v) is 11.4. The lowest BCUT2D eigenvalue weighted by Gasteiger charge is -2.28. The molecule has 3 aromatic rings. The van der Waals surface area contributed by atoms with Crippen molar-refractivity contribution in [1.82, 2.24) is 20.1 Å². The van der Waals surface area contributed by atoms with Crippen LogP contribution >= 0.6 is 0 Å². The summed E-state index contributed by atoms with van der Waals surface area (Å²) in [5.41, 5.74) is 0.699. The van der Waals surface area contributed by atoms with E-state index in [1.54, 1.807) is 6.20 Å². The number of rotatable bonds is 7. The van der Waals surface area contributed by atoms with Crippen LogP contribution < -0.4 is 10.1 Å². The van der Waals surface area contributed by atoms with Crippen molar-refractivity contribution in [2.24, 2.45) is 11.8 Å². The van der Waals surface area contributed by atoms with Gasteiger partial charge in [0, 0.05) is 29.8 Å². The first kappa shape index (κ1) is 21.6. The second-order valence-corrected chi connectivity index (χ2v) is 9.12. The summed E-state index contributed by atoms with van der Waals surface area (Å²) >= 11 is 0. The molecular weight excluding hydrogens is 430 g/mol. The minimum Gasteiger partial charge on any atom is -0.503 e. The molecule has 0 saturated heterocycles. The van der Waals surface area contributed by atoms with Crippen LogP contribution in [-0.2, 0) is 0 Å². The highest BCUT2D eigenvalue weighted by atomic mass is 19.1. The SMILES string of the molecule is O=C(NCC1CCC(n2cc3cc(OCC4CC4)ncc3n2)CC1)c1cc(F)c(O)c(F)c1. The van der Waals surface area contributed by atoms with E-state index in [4.69, 9.17) is 4.74 Å². The number of amides is 1. The maximum Gasteiger partial charge on any atom is 0.251 e. The fourth-order valence-corrected chi connectivity index (χ4v) is 4.33. The standard InChI is InChI=1S/C24H26F2N4O3/c25-19-7-16(8-20(26)23(19)31)24(32)28-10-14-3-5-18(6-4-14)30-12-17-9-22(27-11-21(17)29-30)33-13-15-1-2-15/h7-9,11-12,14-15,18,31H,1-6,10,13H2,(H,28,32). The summed E-state index contributed by atoms with van der Waals surface area (Å²) in [6.45, 7) is 1.16. The highest BCUT2D eigenvalue weighted by molar-refractivity contribution is 5.94. The number of ether oxygens (including phenoxy) is 1. The predicted octanol–water partition coefficient (Wildman–Crippen LogP) is 4.37. The molecule has 0 spiro atoms. The first-order valence-electron chi connectivity index (χ1n) is 11.4. The van der Waals surface area contributed by atoms with Crippen LogP contribution in [0.2, 0.25) is 0 Å². The summed E-state index contributed by atoms with van der Waals surface area (Å²) in [6, 6.07) is 3.90. The van der Waals surface area contributed by atoms with Gasteiger partial charge >= 0.3 is 0 Å². The van der Waals surface area contributed by atoms with Crippen LogP contribution in [0, 0.1) is 23.5 Å². The van der Waals surface area contributed by atoms with Gasteiger partial charge in [-0.3, -0.25) is 9.48 Å². The number of aromatic nitrogens is 3. The predicted molar refractivity (Wildman–Crippen MR) is 117 cm³/mol. The van der Waals surface area contributed by atoms with E-state index in [1.165, 1.54) is 12.8 Å². The van der Waals surface area contributed by atoms with Crippen molar-refractivity contribution in [2.45, 2.75) is 44.6 Å². The molecule has 1 aromatic carbocycles. The van der Waals surface area contributed by atoms with Crippen LogP contribution in [0.25, 0.3) is 10.9 Å². The highest BCUT2D eigenvalue weighted by Gasteiger charge is 2.25. The van der Waals surface area contributed by atoms with Crippen molar-refractivity contribution in [3.05, 3.63) is 47.8 Å². The number of benzene rings is 1. The lowest BCUT2D eigenvalue weighted by Crippen LogP contribution is -2.31. The average Bonchev–Trinajstić information content (AvgIpc) is 3.56. The van der Waals surface area contributed by atoms with Crippen LogP contribution in [0.3, 0.4) is 0 Å². The van der Waals surface area contributed by atoms with Gasteiger partial charge in [-0.1, -0.05) is 0 Å². The normalized spacial score (nSPS) is 20.7. The lowest BCUT2D eigenvalue weighted by atomic mass is 9.86. The summed E-state index contributed by atoms with van der Waals surface area (Å²) in [5, 5.41) is 17.6. The molecule has 0 unspecified atom stereocenters. The maximum absolute atomic E-state index is 13.5. The van der Waals surface area contributed by atoms with Gasteiger partial charge in [0.2, 0.25) is 5.88 Å². The number of aromatic hydroxyl groups is 1. The number of nitrogens with zero attached hydrogens (tertiary/aromatic N) is 3. The molecule has 2 N–H and O–H groups in total. The van der Waals surface area contributed by atoms with Crippen molar-refractivity contribution in [1.29, 1.82) is 0 Å². The Hall–Kier alpha value is -3.23. The number of nitrogens with one attached hydrogen (secondary N) is 1. The number of pyridine rings is 1. The number of hydrogen-bond acceptors (Lipinski definition) is 5. The molecule has 1 amide bonds. The van der Waals surface area contributed by atoms with Crippen molar-refractivity contribution in [3.63, 3.8) is 0 Å². The third kappa shape index (κ3) is 4.91. The molecule has 2 fully saturated rings. The Balaban J connectivity index is 1.14. The number of carbonyl (C=O) groups excluding carboxylic acids is 1. The molecule has 0 bridgehead atoms. The maximum atomic E-state index is 13.5. The number of halogens is 2. The zero-order chi connectivity index (χ0) is 22.9.